The van der Waals surface area contributed by atoms with E-state index < -0.39 is 0 Å². The predicted octanol–water partition coefficient (Wildman–Crippen LogP) is 3.05. The highest BCUT2D eigenvalue weighted by atomic mass is 16.5. The summed E-state index contributed by atoms with van der Waals surface area (Å²) >= 11 is 0. The molecular formula is C17H34N2O. The number of nitrogens with zero attached hydrogens (tertiary/aromatic N) is 1. The Morgan fingerprint density at radius 1 is 1.05 bits per heavy atom. The molecule has 1 saturated carbocycles. The maximum Gasteiger partial charge on any atom is 0.0506 e. The monoisotopic (exact) mass is 282 g/mol. The van der Waals surface area contributed by atoms with Gasteiger partial charge in [0.05, 0.1) is 6.61 Å². The van der Waals surface area contributed by atoms with Crippen molar-refractivity contribution < 1.29 is 4.74 Å². The normalized spacial score (nSPS) is 32.9. The molecule has 0 bridgehead atoms. The molecule has 0 amide bonds. The Labute approximate surface area is 125 Å². The van der Waals surface area contributed by atoms with Gasteiger partial charge in [0.1, 0.15) is 0 Å². The van der Waals surface area contributed by atoms with E-state index in [4.69, 9.17) is 4.74 Å². The molecule has 1 saturated heterocycles. The van der Waals surface area contributed by atoms with Crippen LogP contribution in [0.4, 0.5) is 0 Å². The number of nitrogens with one attached hydrogen (secondary N) is 1. The highest BCUT2D eigenvalue weighted by Gasteiger charge is 2.27. The molecular weight excluding hydrogens is 248 g/mol. The number of likely N-dealkylation sites (N-methyl/N-ethyl adjacent to an activating group) is 2. The van der Waals surface area contributed by atoms with E-state index in [1.807, 2.05) is 0 Å². The summed E-state index contributed by atoms with van der Waals surface area (Å²) in [4.78, 5) is 2.64. The Morgan fingerprint density at radius 3 is 2.55 bits per heavy atom. The van der Waals surface area contributed by atoms with Crippen molar-refractivity contribution in [3.8, 4) is 0 Å². The third-order valence-corrected chi connectivity index (χ3v) is 5.06. The lowest BCUT2D eigenvalue weighted by atomic mass is 9.90. The van der Waals surface area contributed by atoms with Crippen molar-refractivity contribution in [3.05, 3.63) is 0 Å². The van der Waals surface area contributed by atoms with Gasteiger partial charge in [-0.25, -0.2) is 0 Å². The molecule has 1 heterocycles. The van der Waals surface area contributed by atoms with Gasteiger partial charge in [-0.05, 0) is 45.2 Å². The summed E-state index contributed by atoms with van der Waals surface area (Å²) in [6.45, 7) is 6.51. The summed E-state index contributed by atoms with van der Waals surface area (Å²) in [5.74, 6) is 0.751. The lowest BCUT2D eigenvalue weighted by molar-refractivity contribution is 0.0308. The minimum Gasteiger partial charge on any atom is -0.381 e. The van der Waals surface area contributed by atoms with Crippen LogP contribution in [0.5, 0.6) is 0 Å². The lowest BCUT2D eigenvalue weighted by Gasteiger charge is -2.39. The molecule has 0 aromatic rings. The van der Waals surface area contributed by atoms with Crippen LogP contribution in [0, 0.1) is 5.92 Å². The summed E-state index contributed by atoms with van der Waals surface area (Å²) in [6.07, 6.45) is 11.0. The van der Waals surface area contributed by atoms with Crippen LogP contribution in [-0.2, 0) is 4.74 Å². The second kappa shape index (κ2) is 9.01. The van der Waals surface area contributed by atoms with Crippen molar-refractivity contribution >= 4 is 0 Å². The van der Waals surface area contributed by atoms with E-state index >= 15 is 0 Å². The van der Waals surface area contributed by atoms with Gasteiger partial charge in [-0.15, -0.1) is 0 Å². The Hall–Kier alpha value is -0.120. The van der Waals surface area contributed by atoms with Gasteiger partial charge in [0.2, 0.25) is 0 Å². The summed E-state index contributed by atoms with van der Waals surface area (Å²) in [7, 11) is 2.34. The molecule has 2 fully saturated rings. The van der Waals surface area contributed by atoms with Crippen LogP contribution in [0.15, 0.2) is 0 Å². The van der Waals surface area contributed by atoms with Crippen molar-refractivity contribution in [3.63, 3.8) is 0 Å². The molecule has 0 spiro atoms. The van der Waals surface area contributed by atoms with Crippen molar-refractivity contribution in [1.82, 2.24) is 10.2 Å². The fourth-order valence-corrected chi connectivity index (χ4v) is 3.99. The molecule has 3 heteroatoms. The van der Waals surface area contributed by atoms with Crippen LogP contribution in [0.1, 0.15) is 58.3 Å². The smallest absolute Gasteiger partial charge is 0.0506 e. The zero-order valence-electron chi connectivity index (χ0n) is 13.6. The average molecular weight is 282 g/mol. The van der Waals surface area contributed by atoms with E-state index in [-0.39, 0.29) is 0 Å². The van der Waals surface area contributed by atoms with Gasteiger partial charge >= 0.3 is 0 Å². The van der Waals surface area contributed by atoms with Gasteiger partial charge < -0.3 is 15.0 Å². The largest absolute Gasteiger partial charge is 0.381 e. The van der Waals surface area contributed by atoms with Crippen molar-refractivity contribution in [2.45, 2.75) is 70.4 Å². The molecule has 0 aromatic carbocycles. The van der Waals surface area contributed by atoms with Crippen LogP contribution in [0.2, 0.25) is 0 Å². The Bertz CT molecular complexity index is 253. The standard InChI is InChI=1S/C17H34N2O/c1-3-18-16-10-6-4-5-7-11-17(16)19(2)13-15-9-8-12-20-14-15/h15-18H,3-14H2,1-2H3. The van der Waals surface area contributed by atoms with E-state index in [1.54, 1.807) is 0 Å². The second-order valence-corrected chi connectivity index (χ2v) is 6.75. The predicted molar refractivity (Wildman–Crippen MR) is 85.1 cm³/mol. The van der Waals surface area contributed by atoms with E-state index in [9.17, 15) is 0 Å². The quantitative estimate of drug-likeness (QED) is 0.839. The lowest BCUT2D eigenvalue weighted by Crippen LogP contribution is -2.50. The zero-order chi connectivity index (χ0) is 14.2. The number of ether oxygens (including phenoxy) is 1. The maximum atomic E-state index is 5.65. The SMILES string of the molecule is CCNC1CCCCCCC1N(C)CC1CCCOC1. The van der Waals surface area contributed by atoms with E-state index in [0.29, 0.717) is 6.04 Å². The van der Waals surface area contributed by atoms with Crippen LogP contribution >= 0.6 is 0 Å². The highest BCUT2D eigenvalue weighted by molar-refractivity contribution is 4.85. The Balaban J connectivity index is 1.89. The summed E-state index contributed by atoms with van der Waals surface area (Å²) < 4.78 is 5.65. The first kappa shape index (κ1) is 16.3. The van der Waals surface area contributed by atoms with Crippen molar-refractivity contribution in [2.75, 3.05) is 33.4 Å². The second-order valence-electron chi connectivity index (χ2n) is 6.75. The molecule has 3 nitrogen and oxygen atoms in total. The van der Waals surface area contributed by atoms with Crippen LogP contribution in [-0.4, -0.2) is 50.3 Å². The maximum absolute atomic E-state index is 5.65. The summed E-state index contributed by atoms with van der Waals surface area (Å²) in [6, 6.07) is 1.41. The summed E-state index contributed by atoms with van der Waals surface area (Å²) in [5.41, 5.74) is 0. The first-order chi connectivity index (χ1) is 9.81. The molecule has 118 valence electrons. The average Bonchev–Trinajstić information content (AvgIpc) is 2.43. The van der Waals surface area contributed by atoms with E-state index in [1.165, 1.54) is 57.9 Å². The number of hydrogen-bond acceptors (Lipinski definition) is 3. The van der Waals surface area contributed by atoms with Gasteiger partial charge in [0.15, 0.2) is 0 Å². The fourth-order valence-electron chi connectivity index (χ4n) is 3.99. The molecule has 0 aromatic heterocycles. The molecule has 1 N–H and O–H groups in total. The fraction of sp³-hybridized carbons (Fsp3) is 1.00. The summed E-state index contributed by atoms with van der Waals surface area (Å²) in [5, 5.41) is 3.75. The number of hydrogen-bond donors (Lipinski definition) is 1. The van der Waals surface area contributed by atoms with Gasteiger partial charge in [-0.3, -0.25) is 0 Å². The van der Waals surface area contributed by atoms with E-state index in [0.717, 1.165) is 31.7 Å². The molecule has 0 radical (unpaired) electrons. The van der Waals surface area contributed by atoms with Crippen LogP contribution < -0.4 is 5.32 Å². The molecule has 3 unspecified atom stereocenters. The zero-order valence-corrected chi connectivity index (χ0v) is 13.6. The van der Waals surface area contributed by atoms with Gasteiger partial charge in [0, 0.05) is 25.2 Å². The molecule has 1 aliphatic heterocycles. The van der Waals surface area contributed by atoms with Crippen LogP contribution in [0.3, 0.4) is 0 Å². The van der Waals surface area contributed by atoms with Crippen molar-refractivity contribution in [2.24, 2.45) is 5.92 Å². The van der Waals surface area contributed by atoms with Crippen LogP contribution in [0.25, 0.3) is 0 Å². The number of rotatable bonds is 5. The third-order valence-electron chi connectivity index (χ3n) is 5.06. The van der Waals surface area contributed by atoms with Crippen molar-refractivity contribution in [1.29, 1.82) is 0 Å². The molecule has 1 aliphatic carbocycles. The Kier molecular flexibility index (Phi) is 7.32. The Morgan fingerprint density at radius 2 is 1.85 bits per heavy atom. The molecule has 3 atom stereocenters. The topological polar surface area (TPSA) is 24.5 Å². The first-order valence-electron chi connectivity index (χ1n) is 8.82. The van der Waals surface area contributed by atoms with Gasteiger partial charge in [0.25, 0.3) is 0 Å². The molecule has 2 aliphatic rings. The third kappa shape index (κ3) is 5.01. The van der Waals surface area contributed by atoms with Gasteiger partial charge in [-0.1, -0.05) is 32.6 Å². The minimum atomic E-state index is 0.690. The molecule has 2 rings (SSSR count). The first-order valence-corrected chi connectivity index (χ1v) is 8.82. The molecule has 20 heavy (non-hydrogen) atoms. The highest BCUT2D eigenvalue weighted by Crippen LogP contribution is 2.23. The van der Waals surface area contributed by atoms with Gasteiger partial charge in [-0.2, -0.15) is 0 Å². The minimum absolute atomic E-state index is 0.690. The van der Waals surface area contributed by atoms with E-state index in [2.05, 4.69) is 24.2 Å².